The third kappa shape index (κ3) is 5.15. The fraction of sp³-hybridized carbons (Fsp3) is 0.577. The maximum absolute atomic E-state index is 13.1. The SMILES string of the molecule is CC(c1nnc(-c2cncc(N3CCCC3)n2)s1)n1ccc(N2CCC[C@@H](NCC3CC3)C2)cc1=O.[HH]. The average Bonchev–Trinajstić information content (AvgIpc) is 3.35. The third-order valence-corrected chi connectivity index (χ3v) is 8.71. The summed E-state index contributed by atoms with van der Waals surface area (Å²) in [6, 6.07) is 4.13. The zero-order chi connectivity index (χ0) is 24.5. The van der Waals surface area contributed by atoms with Crippen molar-refractivity contribution in [3.63, 3.8) is 0 Å². The molecule has 2 aliphatic heterocycles. The van der Waals surface area contributed by atoms with Crippen molar-refractivity contribution in [2.45, 2.75) is 57.5 Å². The normalized spacial score (nSPS) is 21.2. The molecule has 3 aliphatic rings. The van der Waals surface area contributed by atoms with Gasteiger partial charge in [0, 0.05) is 51.6 Å². The zero-order valence-electron chi connectivity index (χ0n) is 20.8. The number of anilines is 2. The van der Waals surface area contributed by atoms with Gasteiger partial charge in [-0.1, -0.05) is 11.3 Å². The van der Waals surface area contributed by atoms with Gasteiger partial charge in [0.2, 0.25) is 0 Å². The molecule has 0 bridgehead atoms. The van der Waals surface area contributed by atoms with Crippen molar-refractivity contribution >= 4 is 22.8 Å². The number of nitrogens with zero attached hydrogens (tertiary/aromatic N) is 7. The maximum atomic E-state index is 13.1. The van der Waals surface area contributed by atoms with Crippen LogP contribution in [0.1, 0.15) is 57.9 Å². The van der Waals surface area contributed by atoms with Gasteiger partial charge < -0.3 is 19.7 Å². The van der Waals surface area contributed by atoms with Crippen LogP contribution in [0.25, 0.3) is 10.7 Å². The van der Waals surface area contributed by atoms with Gasteiger partial charge in [0.05, 0.1) is 18.4 Å². The van der Waals surface area contributed by atoms with E-state index in [0.717, 1.165) is 72.3 Å². The van der Waals surface area contributed by atoms with Crippen molar-refractivity contribution in [2.75, 3.05) is 42.5 Å². The van der Waals surface area contributed by atoms with Gasteiger partial charge in [-0.25, -0.2) is 4.98 Å². The Morgan fingerprint density at radius 1 is 1.11 bits per heavy atom. The van der Waals surface area contributed by atoms with Crippen molar-refractivity contribution in [2.24, 2.45) is 5.92 Å². The number of piperidine rings is 1. The Morgan fingerprint density at radius 3 is 2.75 bits per heavy atom. The first-order valence-corrected chi connectivity index (χ1v) is 14.1. The van der Waals surface area contributed by atoms with Gasteiger partial charge in [-0.3, -0.25) is 9.78 Å². The van der Waals surface area contributed by atoms with Crippen LogP contribution in [-0.2, 0) is 0 Å². The predicted molar refractivity (Wildman–Crippen MR) is 145 cm³/mol. The van der Waals surface area contributed by atoms with Crippen LogP contribution >= 0.6 is 11.3 Å². The standard InChI is InChI=1S/C26H34N8OS.H2/c1-18(25-30-31-26(36-25)22-15-27-16-23(29-22)32-9-2-3-10-32)34-12-8-21(13-24(34)35)33-11-4-5-20(17-33)28-14-19-6-7-19;/h8,12-13,15-16,18-20,28H,2-7,9-11,14,17H2,1H3;1H/t18?,20-;/m1./s1. The lowest BCUT2D eigenvalue weighted by Gasteiger charge is -2.35. The molecular weight excluding hydrogens is 472 g/mol. The molecule has 1 unspecified atom stereocenters. The first-order valence-electron chi connectivity index (χ1n) is 13.3. The van der Waals surface area contributed by atoms with E-state index >= 15 is 0 Å². The highest BCUT2D eigenvalue weighted by molar-refractivity contribution is 7.14. The van der Waals surface area contributed by atoms with Crippen LogP contribution in [-0.4, -0.2) is 63.5 Å². The van der Waals surface area contributed by atoms with Gasteiger partial charge in [-0.15, -0.1) is 10.2 Å². The molecule has 1 N–H and O–H groups in total. The minimum absolute atomic E-state index is 0. The molecule has 3 aromatic heterocycles. The van der Waals surface area contributed by atoms with E-state index in [1.807, 2.05) is 19.3 Å². The molecule has 2 atom stereocenters. The first-order chi connectivity index (χ1) is 17.6. The van der Waals surface area contributed by atoms with Crippen LogP contribution in [0.5, 0.6) is 0 Å². The molecule has 192 valence electrons. The lowest BCUT2D eigenvalue weighted by atomic mass is 10.0. The molecule has 0 spiro atoms. The molecule has 0 radical (unpaired) electrons. The molecule has 5 heterocycles. The van der Waals surface area contributed by atoms with E-state index in [0.29, 0.717) is 6.04 Å². The molecule has 3 aromatic rings. The Balaban J connectivity index is 0.00000280. The van der Waals surface area contributed by atoms with E-state index < -0.39 is 0 Å². The average molecular weight is 509 g/mol. The zero-order valence-corrected chi connectivity index (χ0v) is 21.7. The molecule has 9 nitrogen and oxygen atoms in total. The molecule has 3 fully saturated rings. The second kappa shape index (κ2) is 10.3. The number of hydrogen-bond acceptors (Lipinski definition) is 9. The van der Waals surface area contributed by atoms with Crippen LogP contribution in [0.4, 0.5) is 11.5 Å². The summed E-state index contributed by atoms with van der Waals surface area (Å²) in [5, 5.41) is 14.0. The Morgan fingerprint density at radius 2 is 1.94 bits per heavy atom. The second-order valence-corrected chi connectivity index (χ2v) is 11.4. The molecule has 1 aliphatic carbocycles. The highest BCUT2D eigenvalue weighted by Crippen LogP contribution is 2.30. The van der Waals surface area contributed by atoms with E-state index in [1.165, 1.54) is 43.4 Å². The summed E-state index contributed by atoms with van der Waals surface area (Å²) in [6.07, 6.45) is 12.9. The van der Waals surface area contributed by atoms with Crippen molar-refractivity contribution in [1.29, 1.82) is 0 Å². The minimum atomic E-state index is -0.207. The number of pyridine rings is 1. The smallest absolute Gasteiger partial charge is 0.253 e. The molecular formula is C26H36N8OS. The third-order valence-electron chi connectivity index (χ3n) is 7.60. The topological polar surface area (TPSA) is 92.1 Å². The van der Waals surface area contributed by atoms with Crippen molar-refractivity contribution in [3.05, 3.63) is 46.1 Å². The summed E-state index contributed by atoms with van der Waals surface area (Å²) in [5.41, 5.74) is 1.72. The Hall–Kier alpha value is -2.85. The summed E-state index contributed by atoms with van der Waals surface area (Å²) in [4.78, 5) is 26.9. The van der Waals surface area contributed by atoms with Crippen molar-refractivity contribution in [1.82, 2.24) is 30.0 Å². The molecule has 0 aromatic carbocycles. The highest BCUT2D eigenvalue weighted by Gasteiger charge is 2.25. The van der Waals surface area contributed by atoms with E-state index in [2.05, 4.69) is 36.4 Å². The number of rotatable bonds is 8. The monoisotopic (exact) mass is 508 g/mol. The van der Waals surface area contributed by atoms with Crippen LogP contribution in [0, 0.1) is 5.92 Å². The molecule has 0 amide bonds. The fourth-order valence-electron chi connectivity index (χ4n) is 5.21. The van der Waals surface area contributed by atoms with Crippen LogP contribution in [0.3, 0.4) is 0 Å². The predicted octanol–water partition coefficient (Wildman–Crippen LogP) is 3.58. The highest BCUT2D eigenvalue weighted by atomic mass is 32.1. The molecule has 2 saturated heterocycles. The van der Waals surface area contributed by atoms with Crippen LogP contribution in [0.15, 0.2) is 35.5 Å². The summed E-state index contributed by atoms with van der Waals surface area (Å²) >= 11 is 1.47. The minimum Gasteiger partial charge on any atom is -0.370 e. The summed E-state index contributed by atoms with van der Waals surface area (Å²) in [6.45, 7) is 7.13. The Bertz CT molecular complexity index is 1260. The quantitative estimate of drug-likeness (QED) is 0.494. The van der Waals surface area contributed by atoms with Gasteiger partial charge in [-0.2, -0.15) is 0 Å². The fourth-order valence-corrected chi connectivity index (χ4v) is 6.06. The summed E-state index contributed by atoms with van der Waals surface area (Å²) in [7, 11) is 0. The lowest BCUT2D eigenvalue weighted by molar-refractivity contribution is 0.416. The van der Waals surface area contributed by atoms with E-state index in [4.69, 9.17) is 4.98 Å². The van der Waals surface area contributed by atoms with Crippen molar-refractivity contribution in [3.8, 4) is 10.7 Å². The van der Waals surface area contributed by atoms with Gasteiger partial charge >= 0.3 is 0 Å². The maximum Gasteiger partial charge on any atom is 0.253 e. The largest absolute Gasteiger partial charge is 0.370 e. The van der Waals surface area contributed by atoms with Crippen LogP contribution < -0.4 is 20.7 Å². The van der Waals surface area contributed by atoms with Crippen LogP contribution in [0.2, 0.25) is 0 Å². The van der Waals surface area contributed by atoms with Gasteiger partial charge in [-0.05, 0) is 64.0 Å². The number of hydrogen-bond donors (Lipinski definition) is 1. The van der Waals surface area contributed by atoms with E-state index in [9.17, 15) is 4.79 Å². The molecule has 1 saturated carbocycles. The van der Waals surface area contributed by atoms with Gasteiger partial charge in [0.15, 0.2) is 5.01 Å². The summed E-state index contributed by atoms with van der Waals surface area (Å²) in [5.74, 6) is 1.78. The van der Waals surface area contributed by atoms with Gasteiger partial charge in [0.1, 0.15) is 16.5 Å². The number of aromatic nitrogens is 5. The van der Waals surface area contributed by atoms with Crippen molar-refractivity contribution < 1.29 is 1.43 Å². The van der Waals surface area contributed by atoms with E-state index in [-0.39, 0.29) is 13.0 Å². The lowest BCUT2D eigenvalue weighted by Crippen LogP contribution is -2.46. The molecule has 6 rings (SSSR count). The molecule has 10 heteroatoms. The summed E-state index contributed by atoms with van der Waals surface area (Å²) < 4.78 is 1.74. The molecule has 36 heavy (non-hydrogen) atoms. The van der Waals surface area contributed by atoms with E-state index in [1.54, 1.807) is 16.8 Å². The van der Waals surface area contributed by atoms with Gasteiger partial charge in [0.25, 0.3) is 5.56 Å². The Kier molecular flexibility index (Phi) is 6.71. The Labute approximate surface area is 217 Å². The first kappa shape index (κ1) is 23.5. The number of nitrogens with one attached hydrogen (secondary N) is 1. The second-order valence-electron chi connectivity index (χ2n) is 10.3.